The van der Waals surface area contributed by atoms with E-state index in [0.29, 0.717) is 29.9 Å². The van der Waals surface area contributed by atoms with E-state index in [0.717, 1.165) is 11.3 Å². The molecule has 21 heavy (non-hydrogen) atoms. The van der Waals surface area contributed by atoms with E-state index in [1.54, 1.807) is 12.1 Å². The molecule has 0 aliphatic carbocycles. The zero-order valence-corrected chi connectivity index (χ0v) is 11.8. The molecule has 0 atom stereocenters. The Hall–Kier alpha value is -2.27. The Morgan fingerprint density at radius 3 is 2.81 bits per heavy atom. The van der Waals surface area contributed by atoms with Gasteiger partial charge in [-0.1, -0.05) is 11.6 Å². The summed E-state index contributed by atoms with van der Waals surface area (Å²) < 4.78 is 13.4. The average molecular weight is 306 g/mol. The minimum atomic E-state index is -0.508. The Kier molecular flexibility index (Phi) is 3.43. The summed E-state index contributed by atoms with van der Waals surface area (Å²) >= 11 is 5.65. The average Bonchev–Trinajstić information content (AvgIpc) is 2.44. The molecule has 3 rings (SSSR count). The number of aryl methyl sites for hydroxylation is 1. The van der Waals surface area contributed by atoms with Crippen LogP contribution in [-0.4, -0.2) is 5.91 Å². The molecule has 1 aliphatic heterocycles. The van der Waals surface area contributed by atoms with Gasteiger partial charge < -0.3 is 16.4 Å². The highest BCUT2D eigenvalue weighted by atomic mass is 35.5. The van der Waals surface area contributed by atoms with E-state index in [9.17, 15) is 9.18 Å². The summed E-state index contributed by atoms with van der Waals surface area (Å²) in [7, 11) is 0. The Labute approximate surface area is 126 Å². The van der Waals surface area contributed by atoms with Crippen molar-refractivity contribution < 1.29 is 9.18 Å². The molecular formula is C15H13ClFN3O. The van der Waals surface area contributed by atoms with Crippen LogP contribution in [0.15, 0.2) is 30.3 Å². The molecule has 0 aromatic heterocycles. The minimum absolute atomic E-state index is 0.0178. The Morgan fingerprint density at radius 1 is 1.24 bits per heavy atom. The van der Waals surface area contributed by atoms with Crippen LogP contribution >= 0.6 is 11.6 Å². The second-order valence-electron chi connectivity index (χ2n) is 4.90. The van der Waals surface area contributed by atoms with Crippen LogP contribution in [-0.2, 0) is 11.2 Å². The number of anilines is 4. The van der Waals surface area contributed by atoms with E-state index in [1.165, 1.54) is 12.1 Å². The molecule has 0 saturated heterocycles. The number of amides is 1. The molecule has 0 fully saturated rings. The van der Waals surface area contributed by atoms with Gasteiger partial charge in [-0.25, -0.2) is 4.39 Å². The van der Waals surface area contributed by atoms with E-state index in [-0.39, 0.29) is 10.9 Å². The van der Waals surface area contributed by atoms with Gasteiger partial charge in [0.1, 0.15) is 5.82 Å². The zero-order valence-electron chi connectivity index (χ0n) is 11.0. The fourth-order valence-electron chi connectivity index (χ4n) is 2.29. The first-order chi connectivity index (χ1) is 10.0. The molecule has 1 heterocycles. The van der Waals surface area contributed by atoms with Crippen LogP contribution < -0.4 is 16.4 Å². The molecule has 6 heteroatoms. The van der Waals surface area contributed by atoms with Crippen LogP contribution in [0.4, 0.5) is 27.1 Å². The first-order valence-electron chi connectivity index (χ1n) is 6.47. The monoisotopic (exact) mass is 305 g/mol. The molecule has 4 N–H and O–H groups in total. The third-order valence-electron chi connectivity index (χ3n) is 3.37. The minimum Gasteiger partial charge on any atom is -0.397 e. The largest absolute Gasteiger partial charge is 0.397 e. The number of carbonyl (C=O) groups excluding carboxylic acids is 1. The van der Waals surface area contributed by atoms with Crippen molar-refractivity contribution >= 4 is 40.3 Å². The van der Waals surface area contributed by atoms with Crippen molar-refractivity contribution in [1.29, 1.82) is 0 Å². The molecule has 0 unspecified atom stereocenters. The SMILES string of the molecule is Nc1cc2c(cc1Nc1ccc(Cl)c(F)c1)NC(=O)CC2. The topological polar surface area (TPSA) is 67.2 Å². The number of halogens is 2. The summed E-state index contributed by atoms with van der Waals surface area (Å²) in [6, 6.07) is 8.00. The third-order valence-corrected chi connectivity index (χ3v) is 3.68. The van der Waals surface area contributed by atoms with Crippen molar-refractivity contribution in [1.82, 2.24) is 0 Å². The second-order valence-corrected chi connectivity index (χ2v) is 5.31. The molecular weight excluding hydrogens is 293 g/mol. The van der Waals surface area contributed by atoms with Gasteiger partial charge in [0.25, 0.3) is 0 Å². The number of nitrogens with two attached hydrogens (primary N) is 1. The molecule has 4 nitrogen and oxygen atoms in total. The lowest BCUT2D eigenvalue weighted by Crippen LogP contribution is -2.19. The molecule has 0 spiro atoms. The summed E-state index contributed by atoms with van der Waals surface area (Å²) in [6.45, 7) is 0. The fourth-order valence-corrected chi connectivity index (χ4v) is 2.40. The van der Waals surface area contributed by atoms with Crippen molar-refractivity contribution in [2.75, 3.05) is 16.4 Å². The maximum atomic E-state index is 13.4. The van der Waals surface area contributed by atoms with E-state index in [2.05, 4.69) is 10.6 Å². The van der Waals surface area contributed by atoms with Gasteiger partial charge in [-0.3, -0.25) is 4.79 Å². The Morgan fingerprint density at radius 2 is 2.05 bits per heavy atom. The second kappa shape index (κ2) is 5.26. The summed E-state index contributed by atoms with van der Waals surface area (Å²) in [5.74, 6) is -0.526. The van der Waals surface area contributed by atoms with Crippen LogP contribution in [0.25, 0.3) is 0 Å². The fraction of sp³-hybridized carbons (Fsp3) is 0.133. The first-order valence-corrected chi connectivity index (χ1v) is 6.85. The van der Waals surface area contributed by atoms with Gasteiger partial charge in [0, 0.05) is 17.8 Å². The molecule has 0 saturated carbocycles. The van der Waals surface area contributed by atoms with Crippen LogP contribution in [0, 0.1) is 5.82 Å². The van der Waals surface area contributed by atoms with E-state index in [4.69, 9.17) is 17.3 Å². The highest BCUT2D eigenvalue weighted by molar-refractivity contribution is 6.30. The number of nitrogen functional groups attached to an aromatic ring is 1. The highest BCUT2D eigenvalue weighted by Crippen LogP contribution is 2.33. The molecule has 0 radical (unpaired) electrons. The quantitative estimate of drug-likeness (QED) is 0.741. The van der Waals surface area contributed by atoms with Crippen molar-refractivity contribution in [3.8, 4) is 0 Å². The lowest BCUT2D eigenvalue weighted by molar-refractivity contribution is -0.116. The summed E-state index contributed by atoms with van der Waals surface area (Å²) in [5, 5.41) is 5.90. The maximum Gasteiger partial charge on any atom is 0.224 e. The normalized spacial score (nSPS) is 13.5. The highest BCUT2D eigenvalue weighted by Gasteiger charge is 2.16. The van der Waals surface area contributed by atoms with E-state index >= 15 is 0 Å². The molecule has 0 bridgehead atoms. The Balaban J connectivity index is 1.93. The van der Waals surface area contributed by atoms with Gasteiger partial charge in [-0.15, -0.1) is 0 Å². The predicted molar refractivity (Wildman–Crippen MR) is 82.5 cm³/mol. The van der Waals surface area contributed by atoms with E-state index < -0.39 is 5.82 Å². The van der Waals surface area contributed by atoms with Crippen LogP contribution in [0.3, 0.4) is 0 Å². The Bertz CT molecular complexity index is 733. The number of carbonyl (C=O) groups is 1. The van der Waals surface area contributed by atoms with Crippen LogP contribution in [0.5, 0.6) is 0 Å². The molecule has 1 amide bonds. The molecule has 108 valence electrons. The number of hydrogen-bond donors (Lipinski definition) is 3. The lowest BCUT2D eigenvalue weighted by atomic mass is 10.0. The smallest absolute Gasteiger partial charge is 0.224 e. The maximum absolute atomic E-state index is 13.4. The predicted octanol–water partition coefficient (Wildman–Crippen LogP) is 3.69. The molecule has 2 aromatic carbocycles. The third kappa shape index (κ3) is 2.78. The molecule has 1 aliphatic rings. The van der Waals surface area contributed by atoms with E-state index in [1.807, 2.05) is 6.07 Å². The van der Waals surface area contributed by atoms with Gasteiger partial charge in [0.05, 0.1) is 16.4 Å². The number of benzene rings is 2. The van der Waals surface area contributed by atoms with Gasteiger partial charge in [-0.2, -0.15) is 0 Å². The van der Waals surface area contributed by atoms with Gasteiger partial charge in [0.15, 0.2) is 0 Å². The van der Waals surface area contributed by atoms with Crippen molar-refractivity contribution in [3.63, 3.8) is 0 Å². The number of fused-ring (bicyclic) bond motifs is 1. The van der Waals surface area contributed by atoms with Crippen LogP contribution in [0.2, 0.25) is 5.02 Å². The number of hydrogen-bond acceptors (Lipinski definition) is 3. The van der Waals surface area contributed by atoms with Gasteiger partial charge in [0.2, 0.25) is 5.91 Å². The van der Waals surface area contributed by atoms with Gasteiger partial charge in [-0.05, 0) is 42.3 Å². The number of rotatable bonds is 2. The van der Waals surface area contributed by atoms with Crippen molar-refractivity contribution in [2.24, 2.45) is 0 Å². The summed E-state index contributed by atoms with van der Waals surface area (Å²) in [4.78, 5) is 11.4. The number of nitrogens with one attached hydrogen (secondary N) is 2. The zero-order chi connectivity index (χ0) is 15.0. The summed E-state index contributed by atoms with van der Waals surface area (Å²) in [5.41, 5.74) is 9.42. The van der Waals surface area contributed by atoms with Crippen molar-refractivity contribution in [3.05, 3.63) is 46.7 Å². The molecule has 2 aromatic rings. The van der Waals surface area contributed by atoms with Crippen molar-refractivity contribution in [2.45, 2.75) is 12.8 Å². The lowest BCUT2D eigenvalue weighted by Gasteiger charge is -2.20. The first kappa shape index (κ1) is 13.7. The van der Waals surface area contributed by atoms with Crippen LogP contribution in [0.1, 0.15) is 12.0 Å². The summed E-state index contributed by atoms with van der Waals surface area (Å²) in [6.07, 6.45) is 1.13. The standard InChI is InChI=1S/C15H13ClFN3O/c16-10-3-2-9(6-11(10)17)19-14-7-13-8(5-12(14)18)1-4-15(21)20-13/h2-3,5-7,19H,1,4,18H2,(H,20,21). The van der Waals surface area contributed by atoms with Gasteiger partial charge >= 0.3 is 0 Å².